The first kappa shape index (κ1) is 15.9. The summed E-state index contributed by atoms with van der Waals surface area (Å²) in [5.74, 6) is -2.61. The minimum absolute atomic E-state index is 0.0260. The predicted octanol–water partition coefficient (Wildman–Crippen LogP) is 1.03. The summed E-state index contributed by atoms with van der Waals surface area (Å²) in [6.07, 6.45) is -1.28. The van der Waals surface area contributed by atoms with Gasteiger partial charge in [-0.05, 0) is 0 Å². The average molecular weight is 301 g/mol. The van der Waals surface area contributed by atoms with E-state index < -0.39 is 29.2 Å². The highest BCUT2D eigenvalue weighted by molar-refractivity contribution is 7.13. The smallest absolute Gasteiger partial charge is 0.360 e. The Morgan fingerprint density at radius 3 is 2.40 bits per heavy atom. The molecule has 1 aromatic rings. The van der Waals surface area contributed by atoms with E-state index in [4.69, 9.17) is 20.8 Å². The number of nitrogens with zero attached hydrogens (tertiary/aromatic N) is 2. The summed E-state index contributed by atoms with van der Waals surface area (Å²) >= 11 is 1.05. The number of hydrogen-bond donors (Lipinski definition) is 3. The van der Waals surface area contributed by atoms with E-state index in [0.29, 0.717) is 0 Å². The number of rotatable bonds is 5. The monoisotopic (exact) mass is 301 g/mol. The third kappa shape index (κ3) is 3.92. The highest BCUT2D eigenvalue weighted by Crippen LogP contribution is 2.23. The number of nitrogen functional groups attached to an aromatic ring is 1. The van der Waals surface area contributed by atoms with E-state index in [2.05, 4.69) is 10.1 Å². The maximum Gasteiger partial charge on any atom is 0.360 e. The van der Waals surface area contributed by atoms with Gasteiger partial charge in [0.25, 0.3) is 0 Å². The van der Waals surface area contributed by atoms with Crippen LogP contribution in [0.4, 0.5) is 5.13 Å². The minimum atomic E-state index is -1.38. The Labute approximate surface area is 118 Å². The van der Waals surface area contributed by atoms with Crippen molar-refractivity contribution in [1.29, 1.82) is 0 Å². The second kappa shape index (κ2) is 5.87. The van der Waals surface area contributed by atoms with Crippen molar-refractivity contribution in [2.24, 2.45) is 10.6 Å². The topological polar surface area (TPSA) is 135 Å². The van der Waals surface area contributed by atoms with Crippen LogP contribution < -0.4 is 5.73 Å². The molecule has 0 bridgehead atoms. The SMILES string of the molecule is CC(C)(C)C(O/N=C(\C(=O)O)c1csc(N)n1)C(=O)O. The molecule has 0 spiro atoms. The molecule has 0 aliphatic rings. The predicted molar refractivity (Wildman–Crippen MR) is 72.7 cm³/mol. The number of aromatic nitrogens is 1. The summed E-state index contributed by atoms with van der Waals surface area (Å²) in [5, 5.41) is 23.1. The van der Waals surface area contributed by atoms with E-state index >= 15 is 0 Å². The van der Waals surface area contributed by atoms with E-state index in [1.807, 2.05) is 0 Å². The lowest BCUT2D eigenvalue weighted by molar-refractivity contribution is -0.158. The van der Waals surface area contributed by atoms with E-state index in [9.17, 15) is 9.59 Å². The standard InChI is InChI=1S/C11H15N3O5S/c1-11(2,3)7(9(17)18)19-14-6(8(15)16)5-4-20-10(12)13-5/h4,7H,1-3H3,(H2,12,13)(H,15,16)(H,17,18)/b14-6-. The van der Waals surface area contributed by atoms with Crippen molar-refractivity contribution in [2.75, 3.05) is 5.73 Å². The number of thiazole rings is 1. The number of carboxylic acid groups (broad SMARTS) is 2. The van der Waals surface area contributed by atoms with Crippen molar-refractivity contribution in [3.8, 4) is 0 Å². The number of carbonyl (C=O) groups is 2. The van der Waals surface area contributed by atoms with Crippen LogP contribution in [0.25, 0.3) is 0 Å². The van der Waals surface area contributed by atoms with Crippen LogP contribution in [0.5, 0.6) is 0 Å². The fourth-order valence-electron chi connectivity index (χ4n) is 1.27. The largest absolute Gasteiger partial charge is 0.478 e. The Bertz CT molecular complexity index is 546. The number of carboxylic acids is 2. The molecule has 0 saturated heterocycles. The zero-order valence-electron chi connectivity index (χ0n) is 11.2. The number of anilines is 1. The molecule has 0 radical (unpaired) electrons. The van der Waals surface area contributed by atoms with Crippen LogP contribution in [0.2, 0.25) is 0 Å². The fraction of sp³-hybridized carbons (Fsp3) is 0.455. The van der Waals surface area contributed by atoms with Gasteiger partial charge in [-0.3, -0.25) is 0 Å². The van der Waals surface area contributed by atoms with Crippen LogP contribution in [0.15, 0.2) is 10.5 Å². The molecule has 0 aromatic carbocycles. The lowest BCUT2D eigenvalue weighted by Crippen LogP contribution is -2.36. The highest BCUT2D eigenvalue weighted by atomic mass is 32.1. The molecule has 1 heterocycles. The third-order valence-electron chi connectivity index (χ3n) is 2.23. The van der Waals surface area contributed by atoms with Gasteiger partial charge in [0.05, 0.1) is 0 Å². The van der Waals surface area contributed by atoms with E-state index in [-0.39, 0.29) is 10.8 Å². The maximum absolute atomic E-state index is 11.1. The first-order chi connectivity index (χ1) is 9.12. The first-order valence-electron chi connectivity index (χ1n) is 5.54. The van der Waals surface area contributed by atoms with E-state index in [1.165, 1.54) is 5.38 Å². The van der Waals surface area contributed by atoms with Gasteiger partial charge in [-0.2, -0.15) is 0 Å². The summed E-state index contributed by atoms with van der Waals surface area (Å²) < 4.78 is 0. The van der Waals surface area contributed by atoms with Gasteiger partial charge in [-0.15, -0.1) is 11.3 Å². The van der Waals surface area contributed by atoms with Crippen LogP contribution in [0, 0.1) is 5.41 Å². The van der Waals surface area contributed by atoms with Crippen molar-refractivity contribution >= 4 is 34.1 Å². The fourth-order valence-corrected chi connectivity index (χ4v) is 1.82. The minimum Gasteiger partial charge on any atom is -0.478 e. The second-order valence-corrected chi connectivity index (χ2v) is 5.90. The molecule has 8 nitrogen and oxygen atoms in total. The van der Waals surface area contributed by atoms with Gasteiger partial charge in [-0.1, -0.05) is 25.9 Å². The van der Waals surface area contributed by atoms with Gasteiger partial charge < -0.3 is 20.8 Å². The Balaban J connectivity index is 3.04. The van der Waals surface area contributed by atoms with E-state index in [1.54, 1.807) is 20.8 Å². The van der Waals surface area contributed by atoms with Gasteiger partial charge in [0.1, 0.15) is 5.69 Å². The molecule has 0 amide bonds. The molecule has 20 heavy (non-hydrogen) atoms. The van der Waals surface area contributed by atoms with Crippen molar-refractivity contribution in [2.45, 2.75) is 26.9 Å². The Morgan fingerprint density at radius 1 is 1.45 bits per heavy atom. The summed E-state index contributed by atoms with van der Waals surface area (Å²) in [5.41, 5.74) is 4.20. The molecule has 110 valence electrons. The van der Waals surface area contributed by atoms with Crippen LogP contribution in [-0.2, 0) is 14.4 Å². The average Bonchev–Trinajstić information content (AvgIpc) is 2.67. The molecule has 0 aliphatic carbocycles. The number of aliphatic carboxylic acids is 2. The van der Waals surface area contributed by atoms with Crippen molar-refractivity contribution < 1.29 is 24.6 Å². The lowest BCUT2D eigenvalue weighted by atomic mass is 9.89. The molecule has 1 unspecified atom stereocenters. The van der Waals surface area contributed by atoms with Gasteiger partial charge in [0, 0.05) is 10.8 Å². The zero-order chi connectivity index (χ0) is 15.5. The molecule has 0 fully saturated rings. The summed E-state index contributed by atoms with van der Waals surface area (Å²) in [4.78, 5) is 30.9. The molecule has 0 saturated carbocycles. The molecule has 4 N–H and O–H groups in total. The molecule has 1 rings (SSSR count). The van der Waals surface area contributed by atoms with Crippen molar-refractivity contribution in [1.82, 2.24) is 4.98 Å². The highest BCUT2D eigenvalue weighted by Gasteiger charge is 2.34. The molecule has 0 aliphatic heterocycles. The number of nitrogens with two attached hydrogens (primary N) is 1. The Hall–Kier alpha value is -2.16. The van der Waals surface area contributed by atoms with Crippen LogP contribution in [0.3, 0.4) is 0 Å². The zero-order valence-corrected chi connectivity index (χ0v) is 12.0. The molecule has 1 atom stereocenters. The van der Waals surface area contributed by atoms with E-state index in [0.717, 1.165) is 11.3 Å². The summed E-state index contributed by atoms with van der Waals surface area (Å²) in [6.45, 7) is 4.92. The Kier molecular flexibility index (Phi) is 4.66. The number of oxime groups is 1. The van der Waals surface area contributed by atoms with Crippen LogP contribution in [-0.4, -0.2) is 39.0 Å². The summed E-state index contributed by atoms with van der Waals surface area (Å²) in [6, 6.07) is 0. The molecular weight excluding hydrogens is 286 g/mol. The Morgan fingerprint density at radius 2 is 2.05 bits per heavy atom. The quantitative estimate of drug-likeness (QED) is 0.546. The second-order valence-electron chi connectivity index (χ2n) is 5.01. The van der Waals surface area contributed by atoms with Crippen molar-refractivity contribution in [3.63, 3.8) is 0 Å². The van der Waals surface area contributed by atoms with Gasteiger partial charge >= 0.3 is 11.9 Å². The molecular formula is C11H15N3O5S. The van der Waals surface area contributed by atoms with Crippen LogP contribution >= 0.6 is 11.3 Å². The molecule has 1 aromatic heterocycles. The number of hydrogen-bond acceptors (Lipinski definition) is 7. The van der Waals surface area contributed by atoms with Crippen molar-refractivity contribution in [3.05, 3.63) is 11.1 Å². The van der Waals surface area contributed by atoms with Gasteiger partial charge in [0.15, 0.2) is 5.13 Å². The van der Waals surface area contributed by atoms with Gasteiger partial charge in [-0.25, -0.2) is 14.6 Å². The maximum atomic E-state index is 11.1. The summed E-state index contributed by atoms with van der Waals surface area (Å²) in [7, 11) is 0. The molecule has 9 heteroatoms. The first-order valence-corrected chi connectivity index (χ1v) is 6.42. The van der Waals surface area contributed by atoms with Gasteiger partial charge in [0.2, 0.25) is 11.8 Å². The third-order valence-corrected chi connectivity index (χ3v) is 2.90. The normalized spacial score (nSPS) is 13.8. The van der Waals surface area contributed by atoms with Crippen LogP contribution in [0.1, 0.15) is 26.5 Å². The lowest BCUT2D eigenvalue weighted by Gasteiger charge is -2.24.